The molecule has 0 aromatic heterocycles. The van der Waals surface area contributed by atoms with Gasteiger partial charge in [-0.25, -0.2) is 8.78 Å². The van der Waals surface area contributed by atoms with Gasteiger partial charge < -0.3 is 4.90 Å². The fraction of sp³-hybridized carbons (Fsp3) is 0.350. The van der Waals surface area contributed by atoms with Gasteiger partial charge in [-0.3, -0.25) is 9.69 Å². The highest BCUT2D eigenvalue weighted by molar-refractivity contribution is 5.81. The number of carbonyl (C=O) groups is 1. The standard InChI is InChI=1S/C20H24F2N2O/c1-4-24(13-16-8-6-5-7-9-16)20(25)15(2)23(3)14-17-10-11-18(21)12-19(17)22/h5-12,15H,4,13-14H2,1-3H3. The third-order valence-corrected chi connectivity index (χ3v) is 4.36. The van der Waals surface area contributed by atoms with Crippen molar-refractivity contribution in [2.24, 2.45) is 0 Å². The van der Waals surface area contributed by atoms with Gasteiger partial charge in [0.1, 0.15) is 11.6 Å². The normalized spacial score (nSPS) is 12.2. The van der Waals surface area contributed by atoms with Gasteiger partial charge >= 0.3 is 0 Å². The van der Waals surface area contributed by atoms with E-state index in [4.69, 9.17) is 0 Å². The second kappa shape index (κ2) is 8.72. The number of benzene rings is 2. The van der Waals surface area contributed by atoms with Crippen molar-refractivity contribution in [3.05, 3.63) is 71.3 Å². The Morgan fingerprint density at radius 3 is 2.36 bits per heavy atom. The lowest BCUT2D eigenvalue weighted by molar-refractivity contribution is -0.136. The number of hydrogen-bond donors (Lipinski definition) is 0. The van der Waals surface area contributed by atoms with Crippen molar-refractivity contribution in [1.82, 2.24) is 9.80 Å². The van der Waals surface area contributed by atoms with Gasteiger partial charge in [0.05, 0.1) is 6.04 Å². The van der Waals surface area contributed by atoms with Crippen molar-refractivity contribution in [3.8, 4) is 0 Å². The molecule has 0 heterocycles. The Morgan fingerprint density at radius 1 is 1.08 bits per heavy atom. The summed E-state index contributed by atoms with van der Waals surface area (Å²) in [7, 11) is 1.77. The van der Waals surface area contributed by atoms with Crippen LogP contribution >= 0.6 is 0 Å². The molecule has 1 atom stereocenters. The van der Waals surface area contributed by atoms with E-state index in [1.165, 1.54) is 12.1 Å². The lowest BCUT2D eigenvalue weighted by Crippen LogP contribution is -2.45. The van der Waals surface area contributed by atoms with E-state index in [1.54, 1.807) is 23.8 Å². The number of carbonyl (C=O) groups excluding carboxylic acids is 1. The number of likely N-dealkylation sites (N-methyl/N-ethyl adjacent to an activating group) is 2. The predicted octanol–water partition coefficient (Wildman–Crippen LogP) is 3.83. The number of nitrogens with zero attached hydrogens (tertiary/aromatic N) is 2. The molecule has 0 spiro atoms. The maximum Gasteiger partial charge on any atom is 0.239 e. The highest BCUT2D eigenvalue weighted by Crippen LogP contribution is 2.15. The number of hydrogen-bond acceptors (Lipinski definition) is 2. The van der Waals surface area contributed by atoms with E-state index in [1.807, 2.05) is 37.3 Å². The lowest BCUT2D eigenvalue weighted by atomic mass is 10.1. The minimum absolute atomic E-state index is 0.0172. The third kappa shape index (κ3) is 5.10. The van der Waals surface area contributed by atoms with Crippen molar-refractivity contribution < 1.29 is 13.6 Å². The van der Waals surface area contributed by atoms with Crippen molar-refractivity contribution >= 4 is 5.91 Å². The van der Waals surface area contributed by atoms with Gasteiger partial charge in [0.15, 0.2) is 0 Å². The van der Waals surface area contributed by atoms with Crippen molar-refractivity contribution in [2.75, 3.05) is 13.6 Å². The van der Waals surface area contributed by atoms with Crippen LogP contribution in [-0.4, -0.2) is 35.3 Å². The van der Waals surface area contributed by atoms with Gasteiger partial charge in [-0.2, -0.15) is 0 Å². The van der Waals surface area contributed by atoms with Crippen LogP contribution in [0, 0.1) is 11.6 Å². The average Bonchev–Trinajstić information content (AvgIpc) is 2.61. The lowest BCUT2D eigenvalue weighted by Gasteiger charge is -2.30. The Hall–Kier alpha value is -2.27. The molecule has 25 heavy (non-hydrogen) atoms. The van der Waals surface area contributed by atoms with Crippen LogP contribution in [0.5, 0.6) is 0 Å². The van der Waals surface area contributed by atoms with Gasteiger partial charge in [0.2, 0.25) is 5.91 Å². The zero-order valence-corrected chi connectivity index (χ0v) is 14.9. The van der Waals surface area contributed by atoms with Crippen LogP contribution in [0.15, 0.2) is 48.5 Å². The van der Waals surface area contributed by atoms with Crippen LogP contribution in [-0.2, 0) is 17.9 Å². The van der Waals surface area contributed by atoms with Crippen molar-refractivity contribution in [3.63, 3.8) is 0 Å². The summed E-state index contributed by atoms with van der Waals surface area (Å²) in [5.41, 5.74) is 1.44. The zero-order valence-electron chi connectivity index (χ0n) is 14.9. The summed E-state index contributed by atoms with van der Waals surface area (Å²) in [6.45, 7) is 5.11. The van der Waals surface area contributed by atoms with E-state index in [9.17, 15) is 13.6 Å². The van der Waals surface area contributed by atoms with Crippen LogP contribution < -0.4 is 0 Å². The number of rotatable bonds is 7. The average molecular weight is 346 g/mol. The summed E-state index contributed by atoms with van der Waals surface area (Å²) in [5, 5.41) is 0. The fourth-order valence-electron chi connectivity index (χ4n) is 2.66. The summed E-state index contributed by atoms with van der Waals surface area (Å²) in [4.78, 5) is 16.3. The molecule has 0 aliphatic rings. The van der Waals surface area contributed by atoms with Crippen LogP contribution in [0.2, 0.25) is 0 Å². The quantitative estimate of drug-likeness (QED) is 0.761. The van der Waals surface area contributed by atoms with Gasteiger partial charge in [0, 0.05) is 31.3 Å². The summed E-state index contributed by atoms with van der Waals surface area (Å²) >= 11 is 0. The second-order valence-electron chi connectivity index (χ2n) is 6.16. The van der Waals surface area contributed by atoms with E-state index < -0.39 is 17.7 Å². The number of amides is 1. The molecular weight excluding hydrogens is 322 g/mol. The molecule has 5 heteroatoms. The topological polar surface area (TPSA) is 23.6 Å². The van der Waals surface area contributed by atoms with Gasteiger partial charge in [-0.05, 0) is 32.5 Å². The Morgan fingerprint density at radius 2 is 1.76 bits per heavy atom. The molecule has 0 N–H and O–H groups in total. The third-order valence-electron chi connectivity index (χ3n) is 4.36. The Bertz CT molecular complexity index is 706. The summed E-state index contributed by atoms with van der Waals surface area (Å²) in [6, 6.07) is 12.9. The van der Waals surface area contributed by atoms with Crippen molar-refractivity contribution in [1.29, 1.82) is 0 Å². The maximum absolute atomic E-state index is 13.8. The van der Waals surface area contributed by atoms with Gasteiger partial charge in [-0.15, -0.1) is 0 Å². The first-order chi connectivity index (χ1) is 11.9. The minimum atomic E-state index is -0.604. The Labute approximate surface area is 147 Å². The number of halogens is 2. The van der Waals surface area contributed by atoms with Crippen LogP contribution in [0.4, 0.5) is 8.78 Å². The van der Waals surface area contributed by atoms with Crippen molar-refractivity contribution in [2.45, 2.75) is 33.0 Å². The SMILES string of the molecule is CCN(Cc1ccccc1)C(=O)C(C)N(C)Cc1ccc(F)cc1F. The molecule has 0 bridgehead atoms. The first-order valence-electron chi connectivity index (χ1n) is 8.39. The Balaban J connectivity index is 2.03. The molecule has 0 aliphatic carbocycles. The fourth-order valence-corrected chi connectivity index (χ4v) is 2.66. The molecule has 1 unspecified atom stereocenters. The summed E-state index contributed by atoms with van der Waals surface area (Å²) in [5.74, 6) is -1.22. The molecule has 0 fully saturated rings. The monoisotopic (exact) mass is 346 g/mol. The molecule has 0 saturated heterocycles. The minimum Gasteiger partial charge on any atom is -0.337 e. The molecule has 2 aromatic carbocycles. The van der Waals surface area contributed by atoms with E-state index in [0.29, 0.717) is 18.7 Å². The first-order valence-corrected chi connectivity index (χ1v) is 8.39. The highest BCUT2D eigenvalue weighted by Gasteiger charge is 2.23. The molecule has 0 aliphatic heterocycles. The molecule has 2 aromatic rings. The first kappa shape index (κ1) is 19.1. The van der Waals surface area contributed by atoms with Gasteiger partial charge in [-0.1, -0.05) is 36.4 Å². The summed E-state index contributed by atoms with van der Waals surface area (Å²) in [6.07, 6.45) is 0. The second-order valence-corrected chi connectivity index (χ2v) is 6.16. The van der Waals surface area contributed by atoms with E-state index in [-0.39, 0.29) is 12.5 Å². The van der Waals surface area contributed by atoms with Gasteiger partial charge in [0.25, 0.3) is 0 Å². The molecule has 0 saturated carbocycles. The van der Waals surface area contributed by atoms with Crippen LogP contribution in [0.25, 0.3) is 0 Å². The largest absolute Gasteiger partial charge is 0.337 e. The molecule has 2 rings (SSSR count). The Kier molecular flexibility index (Phi) is 6.65. The summed E-state index contributed by atoms with van der Waals surface area (Å²) < 4.78 is 26.8. The molecular formula is C20H24F2N2O. The predicted molar refractivity (Wildman–Crippen MR) is 94.8 cm³/mol. The highest BCUT2D eigenvalue weighted by atomic mass is 19.1. The molecule has 134 valence electrons. The van der Waals surface area contributed by atoms with E-state index in [2.05, 4.69) is 0 Å². The smallest absolute Gasteiger partial charge is 0.239 e. The molecule has 0 radical (unpaired) electrons. The zero-order chi connectivity index (χ0) is 18.4. The molecule has 1 amide bonds. The van der Waals surface area contributed by atoms with E-state index in [0.717, 1.165) is 11.6 Å². The van der Waals surface area contributed by atoms with E-state index >= 15 is 0 Å². The molecule has 3 nitrogen and oxygen atoms in total. The van der Waals surface area contributed by atoms with Crippen LogP contribution in [0.3, 0.4) is 0 Å². The maximum atomic E-state index is 13.8. The van der Waals surface area contributed by atoms with Crippen LogP contribution in [0.1, 0.15) is 25.0 Å².